The molecule has 1 aromatic rings. The molecular formula is C12H17BrN2O2. The molecule has 0 aromatic heterocycles. The molecule has 4 nitrogen and oxygen atoms in total. The molecule has 0 saturated heterocycles. The van der Waals surface area contributed by atoms with Gasteiger partial charge in [0.25, 0.3) is 0 Å². The molecule has 0 saturated carbocycles. The number of hydrogen-bond acceptors (Lipinski definition) is 3. The lowest BCUT2D eigenvalue weighted by Gasteiger charge is -2.11. The van der Waals surface area contributed by atoms with Crippen LogP contribution in [0, 0.1) is 0 Å². The maximum absolute atomic E-state index is 11.6. The molecule has 1 unspecified atom stereocenters. The maximum atomic E-state index is 11.6. The first kappa shape index (κ1) is 14.0. The fraction of sp³-hybridized carbons (Fsp3) is 0.417. The summed E-state index contributed by atoms with van der Waals surface area (Å²) in [5.41, 5.74) is 6.17. The second-order valence-electron chi connectivity index (χ2n) is 3.96. The van der Waals surface area contributed by atoms with Gasteiger partial charge in [-0.25, -0.2) is 0 Å². The number of aromatic hydroxyl groups is 1. The largest absolute Gasteiger partial charge is 0.506 e. The van der Waals surface area contributed by atoms with Crippen LogP contribution in [0.4, 0.5) is 5.69 Å². The van der Waals surface area contributed by atoms with Gasteiger partial charge in [-0.05, 0) is 24.6 Å². The van der Waals surface area contributed by atoms with Crippen molar-refractivity contribution in [3.63, 3.8) is 0 Å². The smallest absolute Gasteiger partial charge is 0.226 e. The summed E-state index contributed by atoms with van der Waals surface area (Å²) in [4.78, 5) is 11.6. The Morgan fingerprint density at radius 1 is 1.59 bits per heavy atom. The van der Waals surface area contributed by atoms with Crippen LogP contribution in [0.5, 0.6) is 5.75 Å². The van der Waals surface area contributed by atoms with Gasteiger partial charge in [0.05, 0.1) is 5.69 Å². The molecule has 0 aliphatic carbocycles. The molecule has 0 bridgehead atoms. The number of rotatable bonds is 5. The molecule has 1 aromatic carbocycles. The van der Waals surface area contributed by atoms with Crippen LogP contribution in [0.3, 0.4) is 0 Å². The zero-order chi connectivity index (χ0) is 12.8. The summed E-state index contributed by atoms with van der Waals surface area (Å²) in [6, 6.07) is 4.74. The number of carbonyl (C=O) groups is 1. The topological polar surface area (TPSA) is 75.4 Å². The summed E-state index contributed by atoms with van der Waals surface area (Å²) in [7, 11) is 0. The monoisotopic (exact) mass is 300 g/mol. The van der Waals surface area contributed by atoms with Crippen molar-refractivity contribution in [2.45, 2.75) is 32.2 Å². The highest BCUT2D eigenvalue weighted by Crippen LogP contribution is 2.26. The van der Waals surface area contributed by atoms with E-state index in [2.05, 4.69) is 21.2 Å². The molecule has 1 amide bonds. The van der Waals surface area contributed by atoms with Crippen molar-refractivity contribution in [1.82, 2.24) is 0 Å². The number of benzene rings is 1. The highest BCUT2D eigenvalue weighted by atomic mass is 79.9. The number of carbonyl (C=O) groups excluding carboxylic acids is 1. The number of phenolic OH excluding ortho intramolecular Hbond substituents is 1. The number of nitrogens with two attached hydrogens (primary N) is 1. The molecule has 0 spiro atoms. The van der Waals surface area contributed by atoms with Crippen LogP contribution in [0.2, 0.25) is 0 Å². The first-order valence-electron chi connectivity index (χ1n) is 5.57. The van der Waals surface area contributed by atoms with E-state index in [9.17, 15) is 9.90 Å². The van der Waals surface area contributed by atoms with Crippen molar-refractivity contribution < 1.29 is 9.90 Å². The first-order valence-corrected chi connectivity index (χ1v) is 6.36. The van der Waals surface area contributed by atoms with Gasteiger partial charge in [-0.3, -0.25) is 4.79 Å². The molecular weight excluding hydrogens is 284 g/mol. The van der Waals surface area contributed by atoms with E-state index in [1.165, 1.54) is 6.07 Å². The van der Waals surface area contributed by atoms with Crippen LogP contribution in [0.25, 0.3) is 0 Å². The van der Waals surface area contributed by atoms with E-state index in [1.807, 2.05) is 6.92 Å². The summed E-state index contributed by atoms with van der Waals surface area (Å²) in [6.07, 6.45) is 2.04. The lowest BCUT2D eigenvalue weighted by atomic mass is 10.1. The Kier molecular flexibility index (Phi) is 5.44. The molecule has 0 radical (unpaired) electrons. The van der Waals surface area contributed by atoms with Gasteiger partial charge >= 0.3 is 0 Å². The summed E-state index contributed by atoms with van der Waals surface area (Å²) >= 11 is 3.27. The van der Waals surface area contributed by atoms with Gasteiger partial charge in [0.1, 0.15) is 5.75 Å². The average Bonchev–Trinajstić information content (AvgIpc) is 2.23. The molecule has 1 atom stereocenters. The first-order chi connectivity index (χ1) is 8.02. The molecule has 94 valence electrons. The normalized spacial score (nSPS) is 12.2. The molecule has 0 aliphatic heterocycles. The molecule has 0 fully saturated rings. The van der Waals surface area contributed by atoms with E-state index < -0.39 is 0 Å². The Balaban J connectivity index is 2.58. The highest BCUT2D eigenvalue weighted by Gasteiger charge is 2.11. The number of nitrogens with one attached hydrogen (secondary N) is 1. The maximum Gasteiger partial charge on any atom is 0.226 e. The SMILES string of the molecule is CCCC(N)CC(=O)Nc1cc(Br)ccc1O. The number of halogens is 1. The van der Waals surface area contributed by atoms with E-state index >= 15 is 0 Å². The Bertz CT molecular complexity index is 396. The highest BCUT2D eigenvalue weighted by molar-refractivity contribution is 9.10. The molecule has 0 aliphatic rings. The fourth-order valence-corrected chi connectivity index (χ4v) is 1.88. The average molecular weight is 301 g/mol. The van der Waals surface area contributed by atoms with E-state index in [0.29, 0.717) is 5.69 Å². The number of anilines is 1. The lowest BCUT2D eigenvalue weighted by molar-refractivity contribution is -0.116. The van der Waals surface area contributed by atoms with Crippen LogP contribution < -0.4 is 11.1 Å². The lowest BCUT2D eigenvalue weighted by Crippen LogP contribution is -2.26. The zero-order valence-corrected chi connectivity index (χ0v) is 11.3. The second kappa shape index (κ2) is 6.61. The zero-order valence-electron chi connectivity index (χ0n) is 9.74. The van der Waals surface area contributed by atoms with Crippen LogP contribution in [0.15, 0.2) is 22.7 Å². The van der Waals surface area contributed by atoms with Gasteiger partial charge in [0.2, 0.25) is 5.91 Å². The van der Waals surface area contributed by atoms with Gasteiger partial charge < -0.3 is 16.2 Å². The summed E-state index contributed by atoms with van der Waals surface area (Å²) in [5, 5.41) is 12.2. The van der Waals surface area contributed by atoms with Crippen LogP contribution >= 0.6 is 15.9 Å². The van der Waals surface area contributed by atoms with Crippen molar-refractivity contribution in [3.8, 4) is 5.75 Å². The van der Waals surface area contributed by atoms with E-state index in [0.717, 1.165) is 17.3 Å². The van der Waals surface area contributed by atoms with Gasteiger partial charge in [0.15, 0.2) is 0 Å². The number of phenols is 1. The van der Waals surface area contributed by atoms with E-state index in [-0.39, 0.29) is 24.1 Å². The third-order valence-corrected chi connectivity index (χ3v) is 2.83. The quantitative estimate of drug-likeness (QED) is 0.732. The molecule has 5 heteroatoms. The Hall–Kier alpha value is -1.07. The van der Waals surface area contributed by atoms with Crippen molar-refractivity contribution >= 4 is 27.5 Å². The van der Waals surface area contributed by atoms with Crippen molar-refractivity contribution in [3.05, 3.63) is 22.7 Å². The van der Waals surface area contributed by atoms with Gasteiger partial charge in [0, 0.05) is 16.9 Å². The van der Waals surface area contributed by atoms with Crippen molar-refractivity contribution in [2.24, 2.45) is 5.73 Å². The molecule has 0 heterocycles. The minimum absolute atomic E-state index is 0.0469. The minimum atomic E-state index is -0.181. The molecule has 17 heavy (non-hydrogen) atoms. The fourth-order valence-electron chi connectivity index (χ4n) is 1.52. The predicted octanol–water partition coefficient (Wildman–Crippen LogP) is 2.61. The summed E-state index contributed by atoms with van der Waals surface area (Å²) in [5.74, 6) is -0.134. The third-order valence-electron chi connectivity index (χ3n) is 2.34. The molecule has 4 N–H and O–H groups in total. The van der Waals surface area contributed by atoms with E-state index in [1.54, 1.807) is 12.1 Å². The Labute approximate surface area is 109 Å². The number of amides is 1. The van der Waals surface area contributed by atoms with Crippen LogP contribution in [0.1, 0.15) is 26.2 Å². The van der Waals surface area contributed by atoms with Gasteiger partial charge in [-0.15, -0.1) is 0 Å². The predicted molar refractivity (Wildman–Crippen MR) is 71.9 cm³/mol. The Morgan fingerprint density at radius 2 is 2.29 bits per heavy atom. The van der Waals surface area contributed by atoms with Crippen LogP contribution in [-0.4, -0.2) is 17.1 Å². The second-order valence-corrected chi connectivity index (χ2v) is 4.88. The van der Waals surface area contributed by atoms with Crippen molar-refractivity contribution in [2.75, 3.05) is 5.32 Å². The number of hydrogen-bond donors (Lipinski definition) is 3. The standard InChI is InChI=1S/C12H17BrN2O2/c1-2-3-9(14)7-12(17)15-10-6-8(13)4-5-11(10)16/h4-6,9,16H,2-3,7,14H2,1H3,(H,15,17). The van der Waals surface area contributed by atoms with Gasteiger partial charge in [-0.1, -0.05) is 29.3 Å². The van der Waals surface area contributed by atoms with Crippen molar-refractivity contribution in [1.29, 1.82) is 0 Å². The summed E-state index contributed by atoms with van der Waals surface area (Å²) in [6.45, 7) is 2.03. The molecule has 1 rings (SSSR count). The van der Waals surface area contributed by atoms with Crippen LogP contribution in [-0.2, 0) is 4.79 Å². The minimum Gasteiger partial charge on any atom is -0.506 e. The third kappa shape index (κ3) is 4.75. The van der Waals surface area contributed by atoms with E-state index in [4.69, 9.17) is 5.73 Å². The Morgan fingerprint density at radius 3 is 2.94 bits per heavy atom. The summed E-state index contributed by atoms with van der Waals surface area (Å²) < 4.78 is 0.795. The van der Waals surface area contributed by atoms with Gasteiger partial charge in [-0.2, -0.15) is 0 Å².